The molecule has 2 aromatic carbocycles. The summed E-state index contributed by atoms with van der Waals surface area (Å²) < 4.78 is 11.8. The Morgan fingerprint density at radius 1 is 0.914 bits per heavy atom. The largest absolute Gasteiger partial charge is 0.507 e. The molecule has 5 heteroatoms. The Hall–Kier alpha value is -2.79. The molecule has 0 aliphatic heterocycles. The van der Waals surface area contributed by atoms with Crippen LogP contribution in [0.25, 0.3) is 11.5 Å². The Bertz CT molecular complexity index is 1060. The van der Waals surface area contributed by atoms with Gasteiger partial charge in [-0.3, -0.25) is 4.90 Å². The van der Waals surface area contributed by atoms with Crippen LogP contribution in [0.3, 0.4) is 0 Å². The highest BCUT2D eigenvalue weighted by Gasteiger charge is 2.27. The van der Waals surface area contributed by atoms with Crippen molar-refractivity contribution in [1.29, 1.82) is 0 Å². The summed E-state index contributed by atoms with van der Waals surface area (Å²) in [5, 5.41) is 11.0. The second-order valence-corrected chi connectivity index (χ2v) is 11.3. The van der Waals surface area contributed by atoms with Crippen LogP contribution in [0.15, 0.2) is 47.1 Å². The second kappa shape index (κ2) is 10.9. The molecule has 0 bridgehead atoms. The van der Waals surface area contributed by atoms with E-state index >= 15 is 0 Å². The first-order valence-electron chi connectivity index (χ1n) is 12.7. The predicted molar refractivity (Wildman–Crippen MR) is 143 cm³/mol. The number of hydrogen-bond donors (Lipinski definition) is 1. The fraction of sp³-hybridized carbons (Fsp3) is 0.500. The van der Waals surface area contributed by atoms with Gasteiger partial charge in [0, 0.05) is 29.7 Å². The zero-order valence-corrected chi connectivity index (χ0v) is 22.7. The molecular formula is C30H42N2O3. The molecule has 3 rings (SSSR count). The van der Waals surface area contributed by atoms with Crippen molar-refractivity contribution in [2.75, 3.05) is 19.7 Å². The third-order valence-corrected chi connectivity index (χ3v) is 6.38. The van der Waals surface area contributed by atoms with Crippen LogP contribution < -0.4 is 4.74 Å². The van der Waals surface area contributed by atoms with Crippen LogP contribution in [0, 0.1) is 0 Å². The lowest BCUT2D eigenvalue weighted by Gasteiger charge is -2.27. The highest BCUT2D eigenvalue weighted by atomic mass is 16.5. The lowest BCUT2D eigenvalue weighted by Crippen LogP contribution is -2.21. The average Bonchev–Trinajstić information content (AvgIpc) is 3.26. The molecular weight excluding hydrogens is 436 g/mol. The summed E-state index contributed by atoms with van der Waals surface area (Å²) >= 11 is 0. The quantitative estimate of drug-likeness (QED) is 0.355. The Kier molecular flexibility index (Phi) is 8.32. The maximum Gasteiger partial charge on any atom is 0.226 e. The maximum absolute atomic E-state index is 11.0. The van der Waals surface area contributed by atoms with Crippen LogP contribution >= 0.6 is 0 Å². The number of phenolic OH excluding ortho intramolecular Hbond substituents is 1. The van der Waals surface area contributed by atoms with Crippen molar-refractivity contribution in [1.82, 2.24) is 9.88 Å². The smallest absolute Gasteiger partial charge is 0.226 e. The topological polar surface area (TPSA) is 58.7 Å². The molecule has 0 saturated heterocycles. The van der Waals surface area contributed by atoms with E-state index in [1.807, 2.05) is 24.3 Å². The van der Waals surface area contributed by atoms with E-state index in [0.29, 0.717) is 24.7 Å². The Morgan fingerprint density at radius 2 is 1.49 bits per heavy atom. The van der Waals surface area contributed by atoms with Gasteiger partial charge in [0.15, 0.2) is 0 Å². The van der Waals surface area contributed by atoms with Crippen LogP contribution in [0.5, 0.6) is 11.5 Å². The standard InChI is InChI=1S/C30H42N2O3/c1-9-32(10-2)19-21-11-13-24(14-12-21)34-16-15-23-20-35-28(31-23)22-17-25(29(3,4)5)27(33)26(18-22)30(6,7)8/h11-14,17-18,20,33H,9-10,15-16,19H2,1-8H3. The van der Waals surface area contributed by atoms with Gasteiger partial charge >= 0.3 is 0 Å². The predicted octanol–water partition coefficient (Wildman–Crippen LogP) is 7.11. The van der Waals surface area contributed by atoms with Crippen LogP contribution in [0.4, 0.5) is 0 Å². The van der Waals surface area contributed by atoms with Crippen LogP contribution in [0.1, 0.15) is 77.8 Å². The molecule has 190 valence electrons. The van der Waals surface area contributed by atoms with Gasteiger partial charge in [-0.2, -0.15) is 0 Å². The zero-order chi connectivity index (χ0) is 25.8. The van der Waals surface area contributed by atoms with E-state index in [2.05, 4.69) is 72.4 Å². The van der Waals surface area contributed by atoms with Crippen LogP contribution in [0.2, 0.25) is 0 Å². The molecule has 3 aromatic rings. The summed E-state index contributed by atoms with van der Waals surface area (Å²) in [5.74, 6) is 1.79. The molecule has 5 nitrogen and oxygen atoms in total. The molecule has 0 aliphatic carbocycles. The van der Waals surface area contributed by atoms with Crippen molar-refractivity contribution in [3.63, 3.8) is 0 Å². The van der Waals surface area contributed by atoms with Gasteiger partial charge in [-0.05, 0) is 53.7 Å². The highest BCUT2D eigenvalue weighted by Crippen LogP contribution is 2.41. The Labute approximate surface area is 211 Å². The van der Waals surface area contributed by atoms with Crippen molar-refractivity contribution in [2.24, 2.45) is 0 Å². The number of nitrogens with zero attached hydrogens (tertiary/aromatic N) is 2. The lowest BCUT2D eigenvalue weighted by molar-refractivity contribution is 0.295. The number of benzene rings is 2. The minimum Gasteiger partial charge on any atom is -0.507 e. The number of hydrogen-bond acceptors (Lipinski definition) is 5. The molecule has 1 aromatic heterocycles. The first-order valence-corrected chi connectivity index (χ1v) is 12.7. The third-order valence-electron chi connectivity index (χ3n) is 6.38. The van der Waals surface area contributed by atoms with Crippen molar-refractivity contribution in [3.05, 3.63) is 65.0 Å². The van der Waals surface area contributed by atoms with E-state index in [1.165, 1.54) is 5.56 Å². The van der Waals surface area contributed by atoms with Crippen molar-refractivity contribution in [3.8, 4) is 23.0 Å². The number of aromatic nitrogens is 1. The first kappa shape index (κ1) is 26.8. The second-order valence-electron chi connectivity index (χ2n) is 11.3. The van der Waals surface area contributed by atoms with E-state index in [-0.39, 0.29) is 10.8 Å². The molecule has 0 amide bonds. The molecule has 0 radical (unpaired) electrons. The molecule has 1 N–H and O–H groups in total. The van der Waals surface area contributed by atoms with Crippen molar-refractivity contribution < 1.29 is 14.3 Å². The van der Waals surface area contributed by atoms with Gasteiger partial charge in [-0.25, -0.2) is 4.98 Å². The van der Waals surface area contributed by atoms with Gasteiger partial charge in [0.2, 0.25) is 5.89 Å². The van der Waals surface area contributed by atoms with Gasteiger partial charge in [0.25, 0.3) is 0 Å². The van der Waals surface area contributed by atoms with Gasteiger partial charge in [-0.1, -0.05) is 67.5 Å². The fourth-order valence-corrected chi connectivity index (χ4v) is 4.13. The summed E-state index contributed by atoms with van der Waals surface area (Å²) in [6, 6.07) is 12.3. The first-order chi connectivity index (χ1) is 16.4. The molecule has 0 aliphatic rings. The molecule has 35 heavy (non-hydrogen) atoms. The summed E-state index contributed by atoms with van der Waals surface area (Å²) in [6.07, 6.45) is 2.35. The third kappa shape index (κ3) is 6.88. The van der Waals surface area contributed by atoms with E-state index in [1.54, 1.807) is 6.26 Å². The zero-order valence-electron chi connectivity index (χ0n) is 22.7. The lowest BCUT2D eigenvalue weighted by atomic mass is 9.78. The average molecular weight is 479 g/mol. The van der Waals surface area contributed by atoms with Crippen molar-refractivity contribution in [2.45, 2.75) is 79.2 Å². The number of ether oxygens (including phenoxy) is 1. The van der Waals surface area contributed by atoms with E-state index in [4.69, 9.17) is 14.1 Å². The summed E-state index contributed by atoms with van der Waals surface area (Å²) in [7, 11) is 0. The van der Waals surface area contributed by atoms with Gasteiger partial charge < -0.3 is 14.3 Å². The molecule has 1 heterocycles. The molecule has 0 unspecified atom stereocenters. The molecule has 0 saturated carbocycles. The number of aromatic hydroxyl groups is 1. The molecule has 0 fully saturated rings. The number of phenols is 1. The highest BCUT2D eigenvalue weighted by molar-refractivity contribution is 5.63. The van der Waals surface area contributed by atoms with Crippen LogP contribution in [-0.4, -0.2) is 34.7 Å². The number of oxazole rings is 1. The Morgan fingerprint density at radius 3 is 2.00 bits per heavy atom. The van der Waals surface area contributed by atoms with Gasteiger partial charge in [0.05, 0.1) is 12.3 Å². The Balaban J connectivity index is 1.69. The van der Waals surface area contributed by atoms with Crippen LogP contribution in [-0.2, 0) is 23.8 Å². The van der Waals surface area contributed by atoms with Gasteiger partial charge in [-0.15, -0.1) is 0 Å². The van der Waals surface area contributed by atoms with Gasteiger partial charge in [0.1, 0.15) is 17.8 Å². The summed E-state index contributed by atoms with van der Waals surface area (Å²) in [4.78, 5) is 7.11. The maximum atomic E-state index is 11.0. The van der Waals surface area contributed by atoms with Crippen molar-refractivity contribution >= 4 is 0 Å². The van der Waals surface area contributed by atoms with E-state index in [0.717, 1.165) is 47.8 Å². The minimum absolute atomic E-state index is 0.204. The number of rotatable bonds is 9. The SMILES string of the molecule is CCN(CC)Cc1ccc(OCCc2coc(-c3cc(C(C)(C)C)c(O)c(C(C)(C)C)c3)n2)cc1. The summed E-state index contributed by atoms with van der Waals surface area (Å²) in [6.45, 7) is 20.6. The van der Waals surface area contributed by atoms with E-state index in [9.17, 15) is 5.11 Å². The fourth-order valence-electron chi connectivity index (χ4n) is 4.13. The van der Waals surface area contributed by atoms with E-state index < -0.39 is 0 Å². The minimum atomic E-state index is -0.204. The normalized spacial score (nSPS) is 12.4. The summed E-state index contributed by atoms with van der Waals surface area (Å²) in [5.41, 5.74) is 4.41. The monoisotopic (exact) mass is 478 g/mol. The molecule has 0 spiro atoms. The molecule has 0 atom stereocenters.